The van der Waals surface area contributed by atoms with Crippen LogP contribution in [0.5, 0.6) is 0 Å². The maximum atomic E-state index is 11.3. The summed E-state index contributed by atoms with van der Waals surface area (Å²) in [6.07, 6.45) is 3.38. The summed E-state index contributed by atoms with van der Waals surface area (Å²) >= 11 is 3.53. The number of hydrogen-bond donors (Lipinski definition) is 0. The Morgan fingerprint density at radius 3 is 2.92 bits per heavy atom. The molecule has 0 bridgehead atoms. The standard InChI is InChI=1S/C11H11BrO/c12-11-6-1-3-8-7-9(13)4-2-5-10(8)11/h1,3,6H,2,4-5,7H2. The summed E-state index contributed by atoms with van der Waals surface area (Å²) < 4.78 is 1.15. The van der Waals surface area contributed by atoms with Crippen LogP contribution in [0.1, 0.15) is 24.0 Å². The highest BCUT2D eigenvalue weighted by atomic mass is 79.9. The molecule has 1 nitrogen and oxygen atoms in total. The molecule has 1 aromatic carbocycles. The second kappa shape index (κ2) is 3.62. The van der Waals surface area contributed by atoms with Crippen molar-refractivity contribution in [3.05, 3.63) is 33.8 Å². The first-order valence-corrected chi connectivity index (χ1v) is 5.34. The van der Waals surface area contributed by atoms with E-state index in [9.17, 15) is 4.79 Å². The SMILES string of the molecule is O=C1CCCc2c(Br)cccc2C1. The zero-order valence-corrected chi connectivity index (χ0v) is 8.93. The van der Waals surface area contributed by atoms with Gasteiger partial charge in [0.1, 0.15) is 5.78 Å². The van der Waals surface area contributed by atoms with Crippen LogP contribution in [0.3, 0.4) is 0 Å². The van der Waals surface area contributed by atoms with Gasteiger partial charge in [-0.15, -0.1) is 0 Å². The van der Waals surface area contributed by atoms with E-state index in [1.807, 2.05) is 6.07 Å². The van der Waals surface area contributed by atoms with Crippen molar-refractivity contribution in [2.45, 2.75) is 25.7 Å². The number of carbonyl (C=O) groups is 1. The molecule has 1 aliphatic rings. The number of rotatable bonds is 0. The minimum Gasteiger partial charge on any atom is -0.299 e. The van der Waals surface area contributed by atoms with Crippen molar-refractivity contribution in [1.29, 1.82) is 0 Å². The van der Waals surface area contributed by atoms with Crippen molar-refractivity contribution in [2.24, 2.45) is 0 Å². The first-order valence-electron chi connectivity index (χ1n) is 4.55. The summed E-state index contributed by atoms with van der Waals surface area (Å²) in [5.74, 6) is 0.372. The smallest absolute Gasteiger partial charge is 0.137 e. The molecule has 2 rings (SSSR count). The highest BCUT2D eigenvalue weighted by Crippen LogP contribution is 2.25. The van der Waals surface area contributed by atoms with E-state index in [-0.39, 0.29) is 0 Å². The van der Waals surface area contributed by atoms with Crippen LogP contribution in [0.25, 0.3) is 0 Å². The van der Waals surface area contributed by atoms with Gasteiger partial charge >= 0.3 is 0 Å². The van der Waals surface area contributed by atoms with Gasteiger partial charge in [-0.1, -0.05) is 28.1 Å². The lowest BCUT2D eigenvalue weighted by atomic mass is 10.0. The van der Waals surface area contributed by atoms with Crippen LogP contribution in [-0.4, -0.2) is 5.78 Å². The molecule has 0 N–H and O–H groups in total. The minimum absolute atomic E-state index is 0.372. The van der Waals surface area contributed by atoms with Gasteiger partial charge in [0.05, 0.1) is 0 Å². The normalized spacial score (nSPS) is 16.5. The summed E-state index contributed by atoms with van der Waals surface area (Å²) in [4.78, 5) is 11.3. The van der Waals surface area contributed by atoms with Gasteiger partial charge in [0.2, 0.25) is 0 Å². The molecular weight excluding hydrogens is 228 g/mol. The van der Waals surface area contributed by atoms with Gasteiger partial charge in [-0.2, -0.15) is 0 Å². The average Bonchev–Trinajstić information content (AvgIpc) is 2.27. The number of ketones is 1. The summed E-state index contributed by atoms with van der Waals surface area (Å²) in [5.41, 5.74) is 2.53. The fraction of sp³-hybridized carbons (Fsp3) is 0.364. The molecule has 13 heavy (non-hydrogen) atoms. The Kier molecular flexibility index (Phi) is 2.49. The molecule has 0 atom stereocenters. The summed E-state index contributed by atoms with van der Waals surface area (Å²) in [7, 11) is 0. The Hall–Kier alpha value is -0.630. The van der Waals surface area contributed by atoms with Crippen molar-refractivity contribution in [3.8, 4) is 0 Å². The zero-order valence-electron chi connectivity index (χ0n) is 7.35. The predicted octanol–water partition coefficient (Wildman–Crippen LogP) is 2.90. The van der Waals surface area contributed by atoms with E-state index in [2.05, 4.69) is 28.1 Å². The van der Waals surface area contributed by atoms with Gasteiger partial charge in [0.25, 0.3) is 0 Å². The Labute approximate surface area is 86.3 Å². The molecule has 2 heteroatoms. The highest BCUT2D eigenvalue weighted by Gasteiger charge is 2.14. The molecule has 0 aromatic heterocycles. The van der Waals surface area contributed by atoms with Gasteiger partial charge in [0, 0.05) is 17.3 Å². The van der Waals surface area contributed by atoms with Crippen LogP contribution in [0, 0.1) is 0 Å². The van der Waals surface area contributed by atoms with E-state index in [1.165, 1.54) is 11.1 Å². The Morgan fingerprint density at radius 1 is 1.23 bits per heavy atom. The number of fused-ring (bicyclic) bond motifs is 1. The molecule has 0 saturated heterocycles. The summed E-state index contributed by atoms with van der Waals surface area (Å²) in [6, 6.07) is 6.11. The molecule has 0 saturated carbocycles. The van der Waals surface area contributed by atoms with Crippen molar-refractivity contribution in [3.63, 3.8) is 0 Å². The third-order valence-electron chi connectivity index (χ3n) is 2.49. The van der Waals surface area contributed by atoms with Gasteiger partial charge in [0.15, 0.2) is 0 Å². The molecule has 68 valence electrons. The number of carbonyl (C=O) groups excluding carboxylic acids is 1. The van der Waals surface area contributed by atoms with Crippen LogP contribution in [0.2, 0.25) is 0 Å². The van der Waals surface area contributed by atoms with Crippen LogP contribution in [-0.2, 0) is 17.6 Å². The van der Waals surface area contributed by atoms with Crippen molar-refractivity contribution in [2.75, 3.05) is 0 Å². The van der Waals surface area contributed by atoms with Crippen molar-refractivity contribution < 1.29 is 4.79 Å². The molecule has 0 radical (unpaired) electrons. The van der Waals surface area contributed by atoms with E-state index < -0.39 is 0 Å². The molecule has 0 aliphatic heterocycles. The Bertz CT molecular complexity index is 344. The quantitative estimate of drug-likeness (QED) is 0.636. The Balaban J connectivity index is 2.45. The van der Waals surface area contributed by atoms with Gasteiger partial charge in [-0.25, -0.2) is 0 Å². The topological polar surface area (TPSA) is 17.1 Å². The molecule has 0 heterocycles. The van der Waals surface area contributed by atoms with E-state index in [1.54, 1.807) is 0 Å². The van der Waals surface area contributed by atoms with Gasteiger partial charge in [-0.05, 0) is 30.0 Å². The van der Waals surface area contributed by atoms with E-state index >= 15 is 0 Å². The molecule has 1 aliphatic carbocycles. The molecule has 0 fully saturated rings. The molecule has 0 amide bonds. The van der Waals surface area contributed by atoms with Crippen LogP contribution in [0.4, 0.5) is 0 Å². The maximum absolute atomic E-state index is 11.3. The van der Waals surface area contributed by atoms with Crippen molar-refractivity contribution >= 4 is 21.7 Å². The van der Waals surface area contributed by atoms with Crippen molar-refractivity contribution in [1.82, 2.24) is 0 Å². The monoisotopic (exact) mass is 238 g/mol. The zero-order chi connectivity index (χ0) is 9.26. The van der Waals surface area contributed by atoms with Crippen LogP contribution in [0.15, 0.2) is 22.7 Å². The van der Waals surface area contributed by atoms with Gasteiger partial charge < -0.3 is 0 Å². The average molecular weight is 239 g/mol. The summed E-state index contributed by atoms with van der Waals surface area (Å²) in [5, 5.41) is 0. The lowest BCUT2D eigenvalue weighted by Gasteiger charge is -2.05. The number of benzene rings is 1. The second-order valence-corrected chi connectivity index (χ2v) is 4.30. The fourth-order valence-electron chi connectivity index (χ4n) is 1.81. The first-order chi connectivity index (χ1) is 6.27. The minimum atomic E-state index is 0.372. The third kappa shape index (κ3) is 1.83. The third-order valence-corrected chi connectivity index (χ3v) is 3.23. The lowest BCUT2D eigenvalue weighted by molar-refractivity contribution is -0.118. The van der Waals surface area contributed by atoms with E-state index in [0.717, 1.165) is 23.7 Å². The number of Topliss-reactive ketones (excluding diaryl/α,β-unsaturated/α-hetero) is 1. The molecular formula is C11H11BrO. The largest absolute Gasteiger partial charge is 0.299 e. The predicted molar refractivity (Wildman–Crippen MR) is 55.8 cm³/mol. The van der Waals surface area contributed by atoms with Crippen LogP contribution >= 0.6 is 15.9 Å². The van der Waals surface area contributed by atoms with E-state index in [0.29, 0.717) is 12.2 Å². The first kappa shape index (κ1) is 8.95. The summed E-state index contributed by atoms with van der Waals surface area (Å²) in [6.45, 7) is 0. The second-order valence-electron chi connectivity index (χ2n) is 3.45. The number of halogens is 1. The molecule has 0 spiro atoms. The van der Waals surface area contributed by atoms with E-state index in [4.69, 9.17) is 0 Å². The van der Waals surface area contributed by atoms with Gasteiger partial charge in [-0.3, -0.25) is 4.79 Å². The fourth-order valence-corrected chi connectivity index (χ4v) is 2.42. The Morgan fingerprint density at radius 2 is 2.08 bits per heavy atom. The molecule has 0 unspecified atom stereocenters. The molecule has 1 aromatic rings. The number of hydrogen-bond acceptors (Lipinski definition) is 1. The maximum Gasteiger partial charge on any atom is 0.137 e. The highest BCUT2D eigenvalue weighted by molar-refractivity contribution is 9.10. The van der Waals surface area contributed by atoms with Crippen LogP contribution < -0.4 is 0 Å². The lowest BCUT2D eigenvalue weighted by Crippen LogP contribution is -1.99.